The molecule has 0 saturated heterocycles. The Balaban J connectivity index is 1.38. The van der Waals surface area contributed by atoms with E-state index in [2.05, 4.69) is 23.5 Å². The first-order valence-corrected chi connectivity index (χ1v) is 13.6. The first-order chi connectivity index (χ1) is 16.8. The Morgan fingerprint density at radius 2 is 1.74 bits per heavy atom. The molecule has 0 radical (unpaired) electrons. The first kappa shape index (κ1) is 23.7. The molecular formula is C27H27ClN2O4S. The summed E-state index contributed by atoms with van der Waals surface area (Å²) in [5.74, 6) is -0.0149. The summed E-state index contributed by atoms with van der Waals surface area (Å²) in [4.78, 5) is 13.4. The number of sulfonamides is 1. The molecule has 2 atom stereocenters. The number of ether oxygens (including phenoxy) is 1. The number of benzene rings is 3. The largest absolute Gasteiger partial charge is 0.476 e. The Hall–Kier alpha value is -3.03. The van der Waals surface area contributed by atoms with E-state index < -0.39 is 16.1 Å². The number of fused-ring (bicyclic) bond motifs is 2. The molecule has 0 unspecified atom stereocenters. The van der Waals surface area contributed by atoms with Gasteiger partial charge in [0.15, 0.2) is 6.10 Å². The number of carbonyl (C=O) groups excluding carboxylic acids is 1. The Morgan fingerprint density at radius 3 is 2.51 bits per heavy atom. The van der Waals surface area contributed by atoms with Crippen molar-refractivity contribution in [2.24, 2.45) is 0 Å². The zero-order valence-corrected chi connectivity index (χ0v) is 21.0. The third-order valence-corrected chi connectivity index (χ3v) is 8.71. The molecule has 0 fully saturated rings. The number of amides is 1. The second kappa shape index (κ2) is 9.55. The first-order valence-electron chi connectivity index (χ1n) is 11.8. The van der Waals surface area contributed by atoms with Crippen LogP contribution >= 0.6 is 11.6 Å². The molecule has 8 heteroatoms. The lowest BCUT2D eigenvalue weighted by Gasteiger charge is -2.35. The van der Waals surface area contributed by atoms with Crippen molar-refractivity contribution in [3.63, 3.8) is 0 Å². The van der Waals surface area contributed by atoms with E-state index in [9.17, 15) is 13.2 Å². The number of halogens is 1. The van der Waals surface area contributed by atoms with Crippen molar-refractivity contribution in [3.05, 3.63) is 88.4 Å². The van der Waals surface area contributed by atoms with Crippen LogP contribution in [0.15, 0.2) is 71.6 Å². The number of aryl methyl sites for hydroxylation is 2. The summed E-state index contributed by atoms with van der Waals surface area (Å²) in [6.45, 7) is 1.80. The van der Waals surface area contributed by atoms with Gasteiger partial charge in [0.2, 0.25) is 0 Å². The highest BCUT2D eigenvalue weighted by molar-refractivity contribution is 7.92. The maximum absolute atomic E-state index is 13.5. The number of nitrogens with one attached hydrogen (secondary N) is 1. The molecule has 3 aromatic carbocycles. The number of nitrogens with zero attached hydrogens (tertiary/aromatic N) is 1. The minimum Gasteiger partial charge on any atom is -0.476 e. The van der Waals surface area contributed by atoms with E-state index in [-0.39, 0.29) is 23.4 Å². The van der Waals surface area contributed by atoms with Crippen molar-refractivity contribution < 1.29 is 17.9 Å². The highest BCUT2D eigenvalue weighted by Crippen LogP contribution is 2.37. The van der Waals surface area contributed by atoms with Crippen LogP contribution < -0.4 is 14.4 Å². The summed E-state index contributed by atoms with van der Waals surface area (Å²) >= 11 is 5.95. The van der Waals surface area contributed by atoms with Crippen LogP contribution in [-0.4, -0.2) is 27.0 Å². The van der Waals surface area contributed by atoms with Crippen molar-refractivity contribution in [3.8, 4) is 5.75 Å². The summed E-state index contributed by atoms with van der Waals surface area (Å²) in [5, 5.41) is 3.46. The third kappa shape index (κ3) is 4.75. The number of hydrogen-bond acceptors (Lipinski definition) is 4. The second-order valence-corrected chi connectivity index (χ2v) is 11.3. The molecule has 1 amide bonds. The lowest BCUT2D eigenvalue weighted by Crippen LogP contribution is -2.51. The number of hydrogen-bond donors (Lipinski definition) is 1. The highest BCUT2D eigenvalue weighted by Gasteiger charge is 2.37. The van der Waals surface area contributed by atoms with E-state index in [1.807, 2.05) is 6.92 Å². The number of anilines is 1. The molecule has 1 N–H and O–H groups in total. The average Bonchev–Trinajstić information content (AvgIpc) is 2.87. The average molecular weight is 511 g/mol. The SMILES string of the molecule is C[C@@H](NC(=O)[C@H]1CN(S(=O)(=O)c2ccc(Cl)cc2)c2ccccc2O1)c1ccc2c(c1)CCCC2. The van der Waals surface area contributed by atoms with E-state index >= 15 is 0 Å². The zero-order chi connectivity index (χ0) is 24.6. The predicted octanol–water partition coefficient (Wildman–Crippen LogP) is 5.05. The van der Waals surface area contributed by atoms with Crippen molar-refractivity contribution >= 4 is 33.2 Å². The quantitative estimate of drug-likeness (QED) is 0.521. The van der Waals surface area contributed by atoms with E-state index in [0.29, 0.717) is 16.5 Å². The van der Waals surface area contributed by atoms with Gasteiger partial charge in [-0.1, -0.05) is 41.9 Å². The van der Waals surface area contributed by atoms with Crippen LogP contribution in [0.25, 0.3) is 0 Å². The lowest BCUT2D eigenvalue weighted by atomic mass is 9.89. The molecule has 5 rings (SSSR count). The van der Waals surface area contributed by atoms with Gasteiger partial charge in [-0.05, 0) is 85.7 Å². The standard InChI is InChI=1S/C27H27ClN2O4S/c1-18(20-11-10-19-6-2-3-7-21(19)16-20)29-27(31)26-17-30(24-8-4-5-9-25(24)34-26)35(32,33)23-14-12-22(28)13-15-23/h4-5,8-16,18,26H,2-3,6-7,17H2,1H3,(H,29,31)/t18-,26-/m1/s1. The smallest absolute Gasteiger partial charge is 0.264 e. The minimum atomic E-state index is -3.93. The molecule has 1 aliphatic carbocycles. The Kier molecular flexibility index (Phi) is 6.47. The third-order valence-electron chi connectivity index (χ3n) is 6.66. The molecule has 6 nitrogen and oxygen atoms in total. The monoisotopic (exact) mass is 510 g/mol. The number of para-hydroxylation sites is 2. The van der Waals surface area contributed by atoms with Crippen LogP contribution in [0.4, 0.5) is 5.69 Å². The maximum atomic E-state index is 13.5. The maximum Gasteiger partial charge on any atom is 0.264 e. The molecule has 3 aromatic rings. The lowest BCUT2D eigenvalue weighted by molar-refractivity contribution is -0.128. The van der Waals surface area contributed by atoms with Crippen molar-refractivity contribution in [1.29, 1.82) is 0 Å². The number of carbonyl (C=O) groups is 1. The molecule has 0 aromatic heterocycles. The summed E-state index contributed by atoms with van der Waals surface area (Å²) in [5.41, 5.74) is 4.15. The van der Waals surface area contributed by atoms with Gasteiger partial charge in [0.25, 0.3) is 15.9 Å². The zero-order valence-electron chi connectivity index (χ0n) is 19.4. The van der Waals surface area contributed by atoms with Gasteiger partial charge in [0.1, 0.15) is 5.75 Å². The Labute approximate surface area is 210 Å². The van der Waals surface area contributed by atoms with Crippen LogP contribution in [0.1, 0.15) is 42.5 Å². The fraction of sp³-hybridized carbons (Fsp3) is 0.296. The van der Waals surface area contributed by atoms with Gasteiger partial charge >= 0.3 is 0 Å². The van der Waals surface area contributed by atoms with Crippen LogP contribution in [0.2, 0.25) is 5.02 Å². The van der Waals surface area contributed by atoms with E-state index in [4.69, 9.17) is 16.3 Å². The summed E-state index contributed by atoms with van der Waals surface area (Å²) in [6.07, 6.45) is 3.57. The molecule has 1 heterocycles. The topological polar surface area (TPSA) is 75.7 Å². The molecule has 2 aliphatic rings. The molecule has 1 aliphatic heterocycles. The molecule has 182 valence electrons. The van der Waals surface area contributed by atoms with Gasteiger partial charge in [-0.15, -0.1) is 0 Å². The van der Waals surface area contributed by atoms with Crippen LogP contribution in [0.5, 0.6) is 5.75 Å². The van der Waals surface area contributed by atoms with Crippen LogP contribution in [-0.2, 0) is 27.7 Å². The van der Waals surface area contributed by atoms with Crippen molar-refractivity contribution in [1.82, 2.24) is 5.32 Å². The van der Waals surface area contributed by atoms with Crippen LogP contribution in [0, 0.1) is 0 Å². The van der Waals surface area contributed by atoms with Crippen molar-refractivity contribution in [2.75, 3.05) is 10.8 Å². The highest BCUT2D eigenvalue weighted by atomic mass is 35.5. The van der Waals surface area contributed by atoms with Gasteiger partial charge < -0.3 is 10.1 Å². The van der Waals surface area contributed by atoms with Crippen molar-refractivity contribution in [2.45, 2.75) is 49.6 Å². The van der Waals surface area contributed by atoms with Gasteiger partial charge in [0, 0.05) is 5.02 Å². The Bertz CT molecular complexity index is 1360. The summed E-state index contributed by atoms with van der Waals surface area (Å²) in [6, 6.07) is 19.0. The fourth-order valence-corrected chi connectivity index (χ4v) is 6.31. The number of rotatable bonds is 5. The Morgan fingerprint density at radius 1 is 1.03 bits per heavy atom. The van der Waals surface area contributed by atoms with E-state index in [1.165, 1.54) is 52.5 Å². The summed E-state index contributed by atoms with van der Waals surface area (Å²) in [7, 11) is -3.93. The second-order valence-electron chi connectivity index (χ2n) is 9.03. The molecule has 35 heavy (non-hydrogen) atoms. The molecule has 0 bridgehead atoms. The summed E-state index contributed by atoms with van der Waals surface area (Å²) < 4.78 is 34.2. The van der Waals surface area contributed by atoms with Gasteiger partial charge in [-0.2, -0.15) is 0 Å². The van der Waals surface area contributed by atoms with Gasteiger partial charge in [-0.3, -0.25) is 9.10 Å². The van der Waals surface area contributed by atoms with Crippen LogP contribution in [0.3, 0.4) is 0 Å². The van der Waals surface area contributed by atoms with E-state index in [1.54, 1.807) is 24.3 Å². The van der Waals surface area contributed by atoms with Gasteiger partial charge in [-0.25, -0.2) is 8.42 Å². The van der Waals surface area contributed by atoms with Gasteiger partial charge in [0.05, 0.1) is 23.2 Å². The minimum absolute atomic E-state index is 0.0974. The fourth-order valence-electron chi connectivity index (χ4n) is 4.71. The molecular weight excluding hydrogens is 484 g/mol. The molecule has 0 saturated carbocycles. The predicted molar refractivity (Wildman–Crippen MR) is 136 cm³/mol. The molecule has 0 spiro atoms. The van der Waals surface area contributed by atoms with E-state index in [0.717, 1.165) is 18.4 Å². The normalized spacial score (nSPS) is 18.1.